The molecule has 0 aromatic rings. The zero-order chi connectivity index (χ0) is 8.43. The van der Waals surface area contributed by atoms with Crippen molar-refractivity contribution in [2.24, 2.45) is 11.5 Å². The molecule has 0 bridgehead atoms. The topological polar surface area (TPSA) is 72.3 Å². The van der Waals surface area contributed by atoms with Gasteiger partial charge in [0, 0.05) is 18.6 Å². The Kier molecular flexibility index (Phi) is 2.34. The first-order chi connectivity index (χ1) is 5.13. The van der Waals surface area contributed by atoms with E-state index in [0.29, 0.717) is 0 Å². The van der Waals surface area contributed by atoms with Crippen molar-refractivity contribution in [1.29, 1.82) is 0 Å². The average Bonchev–Trinajstić information content (AvgIpc) is 2.32. The van der Waals surface area contributed by atoms with Crippen LogP contribution in [0.5, 0.6) is 0 Å². The van der Waals surface area contributed by atoms with Gasteiger partial charge in [0.1, 0.15) is 0 Å². The molecule has 1 rings (SSSR count). The predicted octanol–water partition coefficient (Wildman–Crippen LogP) is -0.123. The van der Waals surface area contributed by atoms with Gasteiger partial charge in [-0.15, -0.1) is 0 Å². The minimum absolute atomic E-state index is 0.0324. The van der Waals surface area contributed by atoms with Crippen LogP contribution in [0.25, 0.3) is 0 Å². The molecule has 11 heavy (non-hydrogen) atoms. The van der Waals surface area contributed by atoms with E-state index in [2.05, 4.69) is 0 Å². The molecule has 0 saturated carbocycles. The Balaban J connectivity index is 2.58. The smallest absolute Gasteiger partial charge is 0.315 e. The molecule has 1 aliphatic heterocycles. The van der Waals surface area contributed by atoms with E-state index in [9.17, 15) is 4.79 Å². The lowest BCUT2D eigenvalue weighted by atomic mass is 10.1. The van der Waals surface area contributed by atoms with Gasteiger partial charge in [-0.2, -0.15) is 0 Å². The zero-order valence-corrected chi connectivity index (χ0v) is 6.79. The molecule has 4 heteroatoms. The molecule has 4 N–H and O–H groups in total. The highest BCUT2D eigenvalue weighted by molar-refractivity contribution is 5.72. The summed E-state index contributed by atoms with van der Waals surface area (Å²) in [5.74, 6) is 0. The number of rotatable bonds is 1. The van der Waals surface area contributed by atoms with Crippen molar-refractivity contribution in [1.82, 2.24) is 4.90 Å². The maximum Gasteiger partial charge on any atom is 0.315 e. The summed E-state index contributed by atoms with van der Waals surface area (Å²) in [5.41, 5.74) is 10.8. The van der Waals surface area contributed by atoms with Gasteiger partial charge in [0.15, 0.2) is 0 Å². The van der Waals surface area contributed by atoms with Crippen LogP contribution in [-0.2, 0) is 0 Å². The van der Waals surface area contributed by atoms with E-state index in [0.717, 1.165) is 19.4 Å². The highest BCUT2D eigenvalue weighted by Gasteiger charge is 2.29. The molecular weight excluding hydrogens is 142 g/mol. The molecule has 1 saturated heterocycles. The fourth-order valence-corrected chi connectivity index (χ4v) is 1.61. The summed E-state index contributed by atoms with van der Waals surface area (Å²) in [7, 11) is 0. The molecular formula is C7H15N3O. The number of nitrogens with zero attached hydrogens (tertiary/aromatic N) is 1. The zero-order valence-electron chi connectivity index (χ0n) is 6.79. The quantitative estimate of drug-likeness (QED) is 0.557. The van der Waals surface area contributed by atoms with Gasteiger partial charge in [-0.3, -0.25) is 0 Å². The lowest BCUT2D eigenvalue weighted by Crippen LogP contribution is -2.47. The van der Waals surface area contributed by atoms with Crippen molar-refractivity contribution in [3.05, 3.63) is 0 Å². The normalized spacial score (nSPS) is 27.1. The minimum Gasteiger partial charge on any atom is -0.351 e. The van der Waals surface area contributed by atoms with Crippen LogP contribution < -0.4 is 11.5 Å². The molecule has 2 unspecified atom stereocenters. The third-order valence-corrected chi connectivity index (χ3v) is 2.19. The van der Waals surface area contributed by atoms with Crippen LogP contribution >= 0.6 is 0 Å². The van der Waals surface area contributed by atoms with Crippen LogP contribution in [0.4, 0.5) is 4.79 Å². The standard InChI is InChI=1S/C7H15N3O/c1-5(8)6-3-2-4-10(6)7(9)11/h5-6H,2-4,8H2,1H3,(H2,9,11). The van der Waals surface area contributed by atoms with E-state index >= 15 is 0 Å². The molecule has 1 aliphatic rings. The van der Waals surface area contributed by atoms with Gasteiger partial charge in [0.2, 0.25) is 0 Å². The minimum atomic E-state index is -0.343. The molecule has 2 atom stereocenters. The summed E-state index contributed by atoms with van der Waals surface area (Å²) in [4.78, 5) is 12.5. The number of likely N-dealkylation sites (tertiary alicyclic amines) is 1. The number of hydrogen-bond acceptors (Lipinski definition) is 2. The lowest BCUT2D eigenvalue weighted by Gasteiger charge is -2.25. The van der Waals surface area contributed by atoms with Crippen LogP contribution in [-0.4, -0.2) is 29.6 Å². The van der Waals surface area contributed by atoms with Gasteiger partial charge in [-0.1, -0.05) is 0 Å². The van der Waals surface area contributed by atoms with E-state index in [1.807, 2.05) is 6.92 Å². The van der Waals surface area contributed by atoms with E-state index in [1.165, 1.54) is 0 Å². The number of nitrogens with two attached hydrogens (primary N) is 2. The molecule has 0 aromatic carbocycles. The van der Waals surface area contributed by atoms with Crippen molar-refractivity contribution in [3.63, 3.8) is 0 Å². The van der Waals surface area contributed by atoms with E-state index < -0.39 is 0 Å². The van der Waals surface area contributed by atoms with Crippen molar-refractivity contribution in [2.45, 2.75) is 31.8 Å². The maximum atomic E-state index is 10.8. The number of carbonyl (C=O) groups excluding carboxylic acids is 1. The number of primary amides is 1. The molecule has 0 spiro atoms. The Labute approximate surface area is 66.5 Å². The molecule has 64 valence electrons. The Bertz CT molecular complexity index is 158. The number of carbonyl (C=O) groups is 1. The molecule has 0 aliphatic carbocycles. The second-order valence-corrected chi connectivity index (χ2v) is 3.10. The summed E-state index contributed by atoms with van der Waals surface area (Å²) in [6.07, 6.45) is 2.01. The Morgan fingerprint density at radius 1 is 1.73 bits per heavy atom. The molecule has 1 heterocycles. The first kappa shape index (κ1) is 8.33. The molecule has 4 nitrogen and oxygen atoms in total. The van der Waals surface area contributed by atoms with Crippen molar-refractivity contribution in [2.75, 3.05) is 6.54 Å². The number of hydrogen-bond donors (Lipinski definition) is 2. The molecule has 1 fully saturated rings. The Morgan fingerprint density at radius 3 is 2.73 bits per heavy atom. The van der Waals surface area contributed by atoms with Crippen LogP contribution in [0.1, 0.15) is 19.8 Å². The third kappa shape index (κ3) is 1.63. The maximum absolute atomic E-state index is 10.8. The molecule has 2 amide bonds. The summed E-state index contributed by atoms with van der Waals surface area (Å²) >= 11 is 0. The first-order valence-corrected chi connectivity index (χ1v) is 3.94. The highest BCUT2D eigenvalue weighted by Crippen LogP contribution is 2.18. The van der Waals surface area contributed by atoms with Crippen molar-refractivity contribution in [3.8, 4) is 0 Å². The van der Waals surface area contributed by atoms with Gasteiger partial charge in [0.05, 0.1) is 0 Å². The van der Waals surface area contributed by atoms with Gasteiger partial charge in [0.25, 0.3) is 0 Å². The van der Waals surface area contributed by atoms with Crippen LogP contribution in [0, 0.1) is 0 Å². The van der Waals surface area contributed by atoms with E-state index in [-0.39, 0.29) is 18.1 Å². The average molecular weight is 157 g/mol. The summed E-state index contributed by atoms with van der Waals surface area (Å²) in [5, 5.41) is 0. The van der Waals surface area contributed by atoms with Gasteiger partial charge >= 0.3 is 6.03 Å². The molecule has 0 aromatic heterocycles. The molecule has 0 radical (unpaired) electrons. The monoisotopic (exact) mass is 157 g/mol. The SMILES string of the molecule is CC(N)C1CCCN1C(N)=O. The Morgan fingerprint density at radius 2 is 2.36 bits per heavy atom. The second kappa shape index (κ2) is 3.09. The summed E-state index contributed by atoms with van der Waals surface area (Å²) in [6, 6.07) is -0.151. The van der Waals surface area contributed by atoms with Crippen molar-refractivity contribution < 1.29 is 4.79 Å². The second-order valence-electron chi connectivity index (χ2n) is 3.10. The predicted molar refractivity (Wildman–Crippen MR) is 43.0 cm³/mol. The summed E-state index contributed by atoms with van der Waals surface area (Å²) in [6.45, 7) is 2.67. The summed E-state index contributed by atoms with van der Waals surface area (Å²) < 4.78 is 0. The highest BCUT2D eigenvalue weighted by atomic mass is 16.2. The third-order valence-electron chi connectivity index (χ3n) is 2.19. The van der Waals surface area contributed by atoms with Crippen LogP contribution in [0.2, 0.25) is 0 Å². The number of urea groups is 1. The number of amides is 2. The van der Waals surface area contributed by atoms with Crippen LogP contribution in [0.3, 0.4) is 0 Å². The van der Waals surface area contributed by atoms with E-state index in [1.54, 1.807) is 4.90 Å². The lowest BCUT2D eigenvalue weighted by molar-refractivity contribution is 0.196. The largest absolute Gasteiger partial charge is 0.351 e. The van der Waals surface area contributed by atoms with Gasteiger partial charge < -0.3 is 16.4 Å². The fraction of sp³-hybridized carbons (Fsp3) is 0.857. The van der Waals surface area contributed by atoms with E-state index in [4.69, 9.17) is 11.5 Å². The van der Waals surface area contributed by atoms with Gasteiger partial charge in [-0.25, -0.2) is 4.79 Å². The van der Waals surface area contributed by atoms with Crippen molar-refractivity contribution >= 4 is 6.03 Å². The first-order valence-electron chi connectivity index (χ1n) is 3.94. The van der Waals surface area contributed by atoms with Crippen LogP contribution in [0.15, 0.2) is 0 Å². The fourth-order valence-electron chi connectivity index (χ4n) is 1.61. The van der Waals surface area contributed by atoms with Gasteiger partial charge in [-0.05, 0) is 19.8 Å². The Hall–Kier alpha value is -0.770.